The van der Waals surface area contributed by atoms with Gasteiger partial charge in [0.05, 0.1) is 16.9 Å². The predicted octanol–water partition coefficient (Wildman–Crippen LogP) is 3.28. The van der Waals surface area contributed by atoms with Gasteiger partial charge < -0.3 is 9.88 Å². The van der Waals surface area contributed by atoms with E-state index in [4.69, 9.17) is 0 Å². The topological polar surface area (TPSA) is 79.0 Å². The summed E-state index contributed by atoms with van der Waals surface area (Å²) in [7, 11) is 0. The Balaban J connectivity index is 1.59. The lowest BCUT2D eigenvalue weighted by atomic mass is 9.96. The van der Waals surface area contributed by atoms with Gasteiger partial charge in [-0.25, -0.2) is 9.97 Å². The van der Waals surface area contributed by atoms with Crippen LogP contribution >= 0.6 is 22.7 Å². The summed E-state index contributed by atoms with van der Waals surface area (Å²) < 4.78 is 0. The molecule has 0 aromatic carbocycles. The molecule has 1 atom stereocenters. The van der Waals surface area contributed by atoms with Crippen LogP contribution in [0.2, 0.25) is 0 Å². The third kappa shape index (κ3) is 3.34. The predicted molar refractivity (Wildman–Crippen MR) is 103 cm³/mol. The zero-order valence-corrected chi connectivity index (χ0v) is 15.9. The number of aromatic amines is 1. The van der Waals surface area contributed by atoms with Crippen molar-refractivity contribution in [2.24, 2.45) is 0 Å². The number of likely N-dealkylation sites (tertiary alicyclic amines) is 1. The summed E-state index contributed by atoms with van der Waals surface area (Å²) in [5, 5.41) is 3.95. The maximum Gasteiger partial charge on any atom is 0.265 e. The molecule has 3 aromatic rings. The monoisotopic (exact) mass is 386 g/mol. The van der Waals surface area contributed by atoms with Crippen LogP contribution in [0.5, 0.6) is 0 Å². The molecule has 1 unspecified atom stereocenters. The van der Waals surface area contributed by atoms with E-state index in [0.29, 0.717) is 22.9 Å². The van der Waals surface area contributed by atoms with Crippen LogP contribution in [0.4, 0.5) is 0 Å². The maximum absolute atomic E-state index is 12.8. The average molecular weight is 387 g/mol. The normalized spacial score (nSPS) is 17.4. The SMILES string of the molecule is Cc1ncsc1C(=O)N1CCCC(c2nc(-c3ccsc3)cc(=O)[nH]2)C1. The van der Waals surface area contributed by atoms with Crippen LogP contribution in [-0.2, 0) is 0 Å². The van der Waals surface area contributed by atoms with Gasteiger partial charge in [-0.05, 0) is 31.2 Å². The molecule has 4 rings (SSSR count). The van der Waals surface area contributed by atoms with Crippen LogP contribution in [-0.4, -0.2) is 38.8 Å². The van der Waals surface area contributed by atoms with Crippen molar-refractivity contribution in [3.63, 3.8) is 0 Å². The van der Waals surface area contributed by atoms with Crippen molar-refractivity contribution in [3.05, 3.63) is 55.2 Å². The molecule has 0 saturated carbocycles. The third-order valence-electron chi connectivity index (χ3n) is 4.61. The fraction of sp³-hybridized carbons (Fsp3) is 0.333. The van der Waals surface area contributed by atoms with Gasteiger partial charge in [-0.3, -0.25) is 9.59 Å². The molecular weight excluding hydrogens is 368 g/mol. The molecule has 4 heterocycles. The number of aryl methyl sites for hydroxylation is 1. The molecule has 1 N–H and O–H groups in total. The number of hydrogen-bond donors (Lipinski definition) is 1. The van der Waals surface area contributed by atoms with Gasteiger partial charge in [-0.15, -0.1) is 11.3 Å². The summed E-state index contributed by atoms with van der Waals surface area (Å²) >= 11 is 2.95. The number of aromatic nitrogens is 3. The summed E-state index contributed by atoms with van der Waals surface area (Å²) in [5.74, 6) is 0.718. The number of H-pyrrole nitrogens is 1. The quantitative estimate of drug-likeness (QED) is 0.749. The number of thiophene rings is 1. The summed E-state index contributed by atoms with van der Waals surface area (Å²) in [6, 6.07) is 3.48. The van der Waals surface area contributed by atoms with Crippen LogP contribution in [0.3, 0.4) is 0 Å². The summed E-state index contributed by atoms with van der Waals surface area (Å²) in [4.78, 5) is 39.2. The number of rotatable bonds is 3. The molecule has 1 fully saturated rings. The summed E-state index contributed by atoms with van der Waals surface area (Å²) in [6.07, 6.45) is 1.79. The summed E-state index contributed by atoms with van der Waals surface area (Å²) in [5.41, 5.74) is 3.96. The fourth-order valence-corrected chi connectivity index (χ4v) is 4.68. The molecule has 1 aliphatic rings. The van der Waals surface area contributed by atoms with Gasteiger partial charge in [0.25, 0.3) is 11.5 Å². The largest absolute Gasteiger partial charge is 0.337 e. The van der Waals surface area contributed by atoms with Crippen molar-refractivity contribution in [3.8, 4) is 11.3 Å². The average Bonchev–Trinajstić information content (AvgIpc) is 3.32. The maximum atomic E-state index is 12.8. The lowest BCUT2D eigenvalue weighted by molar-refractivity contribution is 0.0708. The molecule has 1 aliphatic heterocycles. The Morgan fingerprint density at radius 3 is 3.04 bits per heavy atom. The van der Waals surface area contributed by atoms with Crippen LogP contribution < -0.4 is 5.56 Å². The van der Waals surface area contributed by atoms with E-state index in [-0.39, 0.29) is 17.4 Å². The van der Waals surface area contributed by atoms with Crippen LogP contribution in [0.15, 0.2) is 33.2 Å². The fourth-order valence-electron chi connectivity index (χ4n) is 3.26. The van der Waals surface area contributed by atoms with Crippen molar-refractivity contribution in [1.29, 1.82) is 0 Å². The van der Waals surface area contributed by atoms with Gasteiger partial charge in [-0.1, -0.05) is 0 Å². The Morgan fingerprint density at radius 1 is 1.42 bits per heavy atom. The van der Waals surface area contributed by atoms with E-state index in [1.807, 2.05) is 28.7 Å². The Kier molecular flexibility index (Phi) is 4.69. The third-order valence-corrected chi connectivity index (χ3v) is 6.21. The molecule has 26 heavy (non-hydrogen) atoms. The van der Waals surface area contributed by atoms with Gasteiger partial charge in [0.15, 0.2) is 0 Å². The first-order chi connectivity index (χ1) is 12.6. The molecule has 3 aromatic heterocycles. The molecule has 1 amide bonds. The van der Waals surface area contributed by atoms with Crippen molar-refractivity contribution in [2.45, 2.75) is 25.7 Å². The van der Waals surface area contributed by atoms with E-state index in [1.54, 1.807) is 16.8 Å². The van der Waals surface area contributed by atoms with E-state index >= 15 is 0 Å². The minimum absolute atomic E-state index is 0.0195. The molecule has 0 spiro atoms. The Bertz CT molecular complexity index is 977. The number of thiazole rings is 1. The number of carbonyl (C=O) groups is 1. The Labute approximate surface area is 158 Å². The minimum atomic E-state index is -0.155. The van der Waals surface area contributed by atoms with E-state index in [0.717, 1.165) is 30.6 Å². The highest BCUT2D eigenvalue weighted by molar-refractivity contribution is 7.11. The standard InChI is InChI=1S/C18H18N4O2S2/c1-11-16(26-10-19-11)18(24)22-5-2-3-12(8-22)17-20-14(7-15(23)21-17)13-4-6-25-9-13/h4,6-7,9-10,12H,2-3,5,8H2,1H3,(H,20,21,23). The number of hydrogen-bond acceptors (Lipinski definition) is 6. The lowest BCUT2D eigenvalue weighted by Gasteiger charge is -2.32. The minimum Gasteiger partial charge on any atom is -0.337 e. The molecule has 0 bridgehead atoms. The molecule has 1 saturated heterocycles. The Morgan fingerprint density at radius 2 is 2.31 bits per heavy atom. The van der Waals surface area contributed by atoms with E-state index in [2.05, 4.69) is 15.0 Å². The summed E-state index contributed by atoms with van der Waals surface area (Å²) in [6.45, 7) is 3.14. The molecule has 134 valence electrons. The zero-order chi connectivity index (χ0) is 18.1. The number of carbonyl (C=O) groups excluding carboxylic acids is 1. The number of piperidine rings is 1. The Hall–Kier alpha value is -2.32. The van der Waals surface area contributed by atoms with Gasteiger partial charge in [0.1, 0.15) is 10.7 Å². The smallest absolute Gasteiger partial charge is 0.265 e. The highest BCUT2D eigenvalue weighted by Gasteiger charge is 2.28. The van der Waals surface area contributed by atoms with Crippen LogP contribution in [0.1, 0.15) is 39.9 Å². The van der Waals surface area contributed by atoms with Crippen molar-refractivity contribution in [1.82, 2.24) is 19.9 Å². The van der Waals surface area contributed by atoms with Gasteiger partial charge in [-0.2, -0.15) is 11.3 Å². The number of nitrogens with one attached hydrogen (secondary N) is 1. The van der Waals surface area contributed by atoms with E-state index in [1.165, 1.54) is 17.4 Å². The lowest BCUT2D eigenvalue weighted by Crippen LogP contribution is -2.39. The zero-order valence-electron chi connectivity index (χ0n) is 14.3. The first-order valence-electron chi connectivity index (χ1n) is 8.45. The first-order valence-corrected chi connectivity index (χ1v) is 10.3. The van der Waals surface area contributed by atoms with E-state index < -0.39 is 0 Å². The van der Waals surface area contributed by atoms with Crippen LogP contribution in [0.25, 0.3) is 11.3 Å². The second kappa shape index (κ2) is 7.13. The highest BCUT2D eigenvalue weighted by atomic mass is 32.1. The van der Waals surface area contributed by atoms with Gasteiger partial charge >= 0.3 is 0 Å². The molecule has 0 radical (unpaired) electrons. The molecule has 0 aliphatic carbocycles. The molecule has 6 nitrogen and oxygen atoms in total. The van der Waals surface area contributed by atoms with Crippen molar-refractivity contribution in [2.75, 3.05) is 13.1 Å². The van der Waals surface area contributed by atoms with Gasteiger partial charge in [0.2, 0.25) is 0 Å². The second-order valence-electron chi connectivity index (χ2n) is 6.39. The first kappa shape index (κ1) is 17.1. The van der Waals surface area contributed by atoms with Gasteiger partial charge in [0, 0.05) is 36.0 Å². The van der Waals surface area contributed by atoms with Crippen molar-refractivity contribution < 1.29 is 4.79 Å². The number of nitrogens with zero attached hydrogens (tertiary/aromatic N) is 3. The van der Waals surface area contributed by atoms with E-state index in [9.17, 15) is 9.59 Å². The molecular formula is C18H18N4O2S2. The van der Waals surface area contributed by atoms with Crippen LogP contribution in [0, 0.1) is 6.92 Å². The van der Waals surface area contributed by atoms with Crippen molar-refractivity contribution >= 4 is 28.6 Å². The molecule has 8 heteroatoms. The highest BCUT2D eigenvalue weighted by Crippen LogP contribution is 2.28. The number of amides is 1. The second-order valence-corrected chi connectivity index (χ2v) is 8.02.